The number of anilines is 1. The standard InChI is InChI=1S/C18H21FN2O/c1-13-8-9-17(16(19)10-13)20-18(22)12-21(3)11-15-7-5-4-6-14(15)2/h4-10H,11-12H2,1-3H3,(H,20,22)/p+1. The molecule has 2 aromatic carbocycles. The first-order valence-corrected chi connectivity index (χ1v) is 7.37. The molecule has 0 radical (unpaired) electrons. The summed E-state index contributed by atoms with van der Waals surface area (Å²) in [5, 5.41) is 2.63. The molecule has 22 heavy (non-hydrogen) atoms. The highest BCUT2D eigenvalue weighted by Gasteiger charge is 2.13. The van der Waals surface area contributed by atoms with Crippen LogP contribution in [-0.4, -0.2) is 19.5 Å². The van der Waals surface area contributed by atoms with Gasteiger partial charge >= 0.3 is 0 Å². The number of hydrogen-bond acceptors (Lipinski definition) is 1. The van der Waals surface area contributed by atoms with E-state index in [0.717, 1.165) is 17.0 Å². The van der Waals surface area contributed by atoms with Crippen LogP contribution >= 0.6 is 0 Å². The third-order valence-electron chi connectivity index (χ3n) is 3.61. The summed E-state index contributed by atoms with van der Waals surface area (Å²) in [6.45, 7) is 4.93. The number of carbonyl (C=O) groups is 1. The Kier molecular flexibility index (Phi) is 5.28. The van der Waals surface area contributed by atoms with Crippen LogP contribution in [-0.2, 0) is 11.3 Å². The highest BCUT2D eigenvalue weighted by molar-refractivity contribution is 5.91. The maximum Gasteiger partial charge on any atom is 0.279 e. The van der Waals surface area contributed by atoms with Gasteiger partial charge in [0.15, 0.2) is 6.54 Å². The largest absolute Gasteiger partial charge is 0.326 e. The molecule has 0 spiro atoms. The van der Waals surface area contributed by atoms with Crippen molar-refractivity contribution in [2.75, 3.05) is 18.9 Å². The molecule has 0 heterocycles. The molecule has 0 saturated heterocycles. The molecule has 1 atom stereocenters. The van der Waals surface area contributed by atoms with Crippen molar-refractivity contribution in [3.8, 4) is 0 Å². The zero-order valence-corrected chi connectivity index (χ0v) is 13.2. The molecule has 1 unspecified atom stereocenters. The number of carbonyl (C=O) groups excluding carboxylic acids is 1. The molecule has 116 valence electrons. The number of benzene rings is 2. The normalized spacial score (nSPS) is 12.0. The minimum Gasteiger partial charge on any atom is -0.326 e. The second-order valence-electron chi connectivity index (χ2n) is 5.77. The van der Waals surface area contributed by atoms with Crippen molar-refractivity contribution < 1.29 is 14.1 Å². The first-order chi connectivity index (χ1) is 10.5. The molecule has 1 amide bonds. The maximum absolute atomic E-state index is 13.7. The zero-order valence-electron chi connectivity index (χ0n) is 13.2. The van der Waals surface area contributed by atoms with Crippen LogP contribution in [0.3, 0.4) is 0 Å². The van der Waals surface area contributed by atoms with Crippen LogP contribution in [0.1, 0.15) is 16.7 Å². The molecule has 0 aromatic heterocycles. The number of amides is 1. The molecule has 2 N–H and O–H groups in total. The zero-order chi connectivity index (χ0) is 16.1. The predicted molar refractivity (Wildman–Crippen MR) is 86.4 cm³/mol. The second-order valence-corrected chi connectivity index (χ2v) is 5.77. The topological polar surface area (TPSA) is 33.5 Å². The lowest BCUT2D eigenvalue weighted by Gasteiger charge is -2.15. The Morgan fingerprint density at radius 3 is 2.59 bits per heavy atom. The van der Waals surface area contributed by atoms with Crippen molar-refractivity contribution in [3.05, 3.63) is 65.0 Å². The average molecular weight is 301 g/mol. The molecule has 0 saturated carbocycles. The van der Waals surface area contributed by atoms with Crippen molar-refractivity contribution in [3.63, 3.8) is 0 Å². The van der Waals surface area contributed by atoms with E-state index in [1.165, 1.54) is 17.2 Å². The van der Waals surface area contributed by atoms with Gasteiger partial charge in [-0.15, -0.1) is 0 Å². The fourth-order valence-corrected chi connectivity index (χ4v) is 2.39. The van der Waals surface area contributed by atoms with Crippen LogP contribution in [0.15, 0.2) is 42.5 Å². The molecule has 2 aromatic rings. The molecule has 0 bridgehead atoms. The Hall–Kier alpha value is -2.20. The van der Waals surface area contributed by atoms with E-state index in [4.69, 9.17) is 0 Å². The molecular formula is C18H22FN2O+. The van der Waals surface area contributed by atoms with Crippen molar-refractivity contribution in [1.82, 2.24) is 0 Å². The summed E-state index contributed by atoms with van der Waals surface area (Å²) in [5.41, 5.74) is 3.50. The van der Waals surface area contributed by atoms with Gasteiger partial charge in [-0.05, 0) is 37.1 Å². The lowest BCUT2D eigenvalue weighted by atomic mass is 10.1. The van der Waals surface area contributed by atoms with Crippen LogP contribution in [0.25, 0.3) is 0 Å². The summed E-state index contributed by atoms with van der Waals surface area (Å²) >= 11 is 0. The number of nitrogens with one attached hydrogen (secondary N) is 2. The fourth-order valence-electron chi connectivity index (χ4n) is 2.39. The van der Waals surface area contributed by atoms with E-state index in [0.29, 0.717) is 6.54 Å². The van der Waals surface area contributed by atoms with E-state index in [1.807, 2.05) is 26.1 Å². The highest BCUT2D eigenvalue weighted by Crippen LogP contribution is 2.14. The van der Waals surface area contributed by atoms with Gasteiger partial charge in [0.05, 0.1) is 12.7 Å². The average Bonchev–Trinajstić information content (AvgIpc) is 2.44. The Bertz CT molecular complexity index is 670. The van der Waals surface area contributed by atoms with Gasteiger partial charge in [0.2, 0.25) is 0 Å². The summed E-state index contributed by atoms with van der Waals surface area (Å²) in [6, 6.07) is 12.9. The van der Waals surface area contributed by atoms with E-state index in [-0.39, 0.29) is 11.6 Å². The number of aryl methyl sites for hydroxylation is 2. The summed E-state index contributed by atoms with van der Waals surface area (Å²) in [4.78, 5) is 13.1. The molecule has 0 aliphatic heterocycles. The molecule has 0 fully saturated rings. The van der Waals surface area contributed by atoms with Crippen molar-refractivity contribution in [1.29, 1.82) is 0 Å². The Balaban J connectivity index is 1.93. The van der Waals surface area contributed by atoms with Crippen LogP contribution in [0.5, 0.6) is 0 Å². The summed E-state index contributed by atoms with van der Waals surface area (Å²) in [7, 11) is 1.96. The molecule has 4 heteroatoms. The van der Waals surface area contributed by atoms with Crippen LogP contribution in [0.4, 0.5) is 10.1 Å². The second kappa shape index (κ2) is 7.18. The van der Waals surface area contributed by atoms with E-state index < -0.39 is 5.82 Å². The van der Waals surface area contributed by atoms with Crippen molar-refractivity contribution in [2.45, 2.75) is 20.4 Å². The summed E-state index contributed by atoms with van der Waals surface area (Å²) in [5.74, 6) is -0.584. The van der Waals surface area contributed by atoms with Crippen molar-refractivity contribution >= 4 is 11.6 Å². The van der Waals surface area contributed by atoms with Gasteiger partial charge in [0.1, 0.15) is 12.4 Å². The van der Waals surface area contributed by atoms with E-state index in [1.54, 1.807) is 12.1 Å². The lowest BCUT2D eigenvalue weighted by molar-refractivity contribution is -0.885. The van der Waals surface area contributed by atoms with Gasteiger partial charge in [0.25, 0.3) is 5.91 Å². The number of likely N-dealkylation sites (N-methyl/N-ethyl adjacent to an activating group) is 1. The minimum absolute atomic E-state index is 0.186. The summed E-state index contributed by atoms with van der Waals surface area (Å²) in [6.07, 6.45) is 0. The highest BCUT2D eigenvalue weighted by atomic mass is 19.1. The lowest BCUT2D eigenvalue weighted by Crippen LogP contribution is -3.08. The van der Waals surface area contributed by atoms with E-state index in [2.05, 4.69) is 24.4 Å². The molecule has 0 aliphatic rings. The van der Waals surface area contributed by atoms with Gasteiger partial charge in [-0.25, -0.2) is 4.39 Å². The van der Waals surface area contributed by atoms with Crippen LogP contribution in [0.2, 0.25) is 0 Å². The predicted octanol–water partition coefficient (Wildman–Crippen LogP) is 2.10. The SMILES string of the molecule is Cc1ccc(NC(=O)C[NH+](C)Cc2ccccc2C)c(F)c1. The molecular weight excluding hydrogens is 279 g/mol. The van der Waals surface area contributed by atoms with Gasteiger partial charge in [-0.1, -0.05) is 30.3 Å². The molecule has 3 nitrogen and oxygen atoms in total. The monoisotopic (exact) mass is 301 g/mol. The van der Waals surface area contributed by atoms with Gasteiger partial charge < -0.3 is 10.2 Å². The van der Waals surface area contributed by atoms with Gasteiger partial charge in [0, 0.05) is 5.56 Å². The van der Waals surface area contributed by atoms with Crippen molar-refractivity contribution in [2.24, 2.45) is 0 Å². The fraction of sp³-hybridized carbons (Fsp3) is 0.278. The summed E-state index contributed by atoms with van der Waals surface area (Å²) < 4.78 is 13.7. The third kappa shape index (κ3) is 4.40. The Morgan fingerprint density at radius 2 is 1.91 bits per heavy atom. The quantitative estimate of drug-likeness (QED) is 0.871. The van der Waals surface area contributed by atoms with E-state index >= 15 is 0 Å². The smallest absolute Gasteiger partial charge is 0.279 e. The molecule has 2 rings (SSSR count). The first-order valence-electron chi connectivity index (χ1n) is 7.37. The van der Waals surface area contributed by atoms with Gasteiger partial charge in [-0.2, -0.15) is 0 Å². The third-order valence-corrected chi connectivity index (χ3v) is 3.61. The van der Waals surface area contributed by atoms with Gasteiger partial charge in [-0.3, -0.25) is 4.79 Å². The number of quaternary nitrogens is 1. The number of halogens is 1. The molecule has 0 aliphatic carbocycles. The van der Waals surface area contributed by atoms with E-state index in [9.17, 15) is 9.18 Å². The van der Waals surface area contributed by atoms with Crippen LogP contribution < -0.4 is 10.2 Å². The first kappa shape index (κ1) is 16.2. The maximum atomic E-state index is 13.7. The minimum atomic E-state index is -0.398. The Morgan fingerprint density at radius 1 is 1.18 bits per heavy atom. The number of rotatable bonds is 5. The Labute approximate surface area is 130 Å². The number of hydrogen-bond donors (Lipinski definition) is 2. The van der Waals surface area contributed by atoms with Crippen LogP contribution in [0, 0.1) is 19.7 Å².